The number of nitrogens with one attached hydrogen (secondary N) is 2. The Bertz CT molecular complexity index is 1160. The summed E-state index contributed by atoms with van der Waals surface area (Å²) < 4.78 is 5.43. The molecule has 0 radical (unpaired) electrons. The van der Waals surface area contributed by atoms with Crippen molar-refractivity contribution in [3.63, 3.8) is 0 Å². The van der Waals surface area contributed by atoms with Crippen LogP contribution in [0.1, 0.15) is 10.4 Å². The summed E-state index contributed by atoms with van der Waals surface area (Å²) in [6.07, 6.45) is 2.41. The Kier molecular flexibility index (Phi) is 5.69. The smallest absolute Gasteiger partial charge is 0.257 e. The van der Waals surface area contributed by atoms with E-state index in [1.54, 1.807) is 48.8 Å². The van der Waals surface area contributed by atoms with Gasteiger partial charge in [-0.15, -0.1) is 0 Å². The van der Waals surface area contributed by atoms with Crippen LogP contribution in [0.3, 0.4) is 0 Å². The van der Waals surface area contributed by atoms with Crippen molar-refractivity contribution in [2.45, 2.75) is 6.10 Å². The maximum absolute atomic E-state index is 12.9. The van der Waals surface area contributed by atoms with Crippen molar-refractivity contribution in [1.29, 1.82) is 0 Å². The van der Waals surface area contributed by atoms with Crippen molar-refractivity contribution in [3.8, 4) is 17.1 Å². The fraction of sp³-hybridized carbons (Fsp3) is 0.136. The van der Waals surface area contributed by atoms with E-state index in [1.165, 1.54) is 0 Å². The number of aromatic amines is 1. The highest BCUT2D eigenvalue weighted by atomic mass is 16.5. The molecule has 2 heterocycles. The third kappa shape index (κ3) is 4.29. The molecule has 0 aliphatic carbocycles. The number of para-hydroxylation sites is 1. The number of imidazole rings is 1. The lowest BCUT2D eigenvalue weighted by atomic mass is 10.1. The number of aliphatic hydroxyl groups is 2. The van der Waals surface area contributed by atoms with Gasteiger partial charge in [0, 0.05) is 29.7 Å². The lowest BCUT2D eigenvalue weighted by Crippen LogP contribution is -2.21. The highest BCUT2D eigenvalue weighted by molar-refractivity contribution is 6.11. The van der Waals surface area contributed by atoms with Gasteiger partial charge in [0.2, 0.25) is 0 Å². The first-order valence-corrected chi connectivity index (χ1v) is 9.36. The van der Waals surface area contributed by atoms with E-state index in [1.807, 2.05) is 18.2 Å². The van der Waals surface area contributed by atoms with Crippen LogP contribution in [0.5, 0.6) is 5.75 Å². The van der Waals surface area contributed by atoms with E-state index in [0.717, 1.165) is 11.1 Å². The standard InChI is InChI=1S/C22H20N4O4/c27-12-16(28)13-30-17-4-1-3-15(11-17)24-22(29)18-5-2-6-19-20(18)26-21(25-19)14-7-9-23-10-8-14/h1-11,16,27-28H,12-13H2,(H,24,29)(H,25,26)/t16-/m1/s1. The summed E-state index contributed by atoms with van der Waals surface area (Å²) in [5.41, 5.74) is 3.18. The molecule has 0 aliphatic heterocycles. The molecule has 0 saturated heterocycles. The summed E-state index contributed by atoms with van der Waals surface area (Å²) in [6.45, 7) is -0.427. The summed E-state index contributed by atoms with van der Waals surface area (Å²) >= 11 is 0. The van der Waals surface area contributed by atoms with Crippen LogP contribution in [-0.2, 0) is 0 Å². The predicted molar refractivity (Wildman–Crippen MR) is 112 cm³/mol. The number of aromatic nitrogens is 3. The molecule has 2 aromatic heterocycles. The molecule has 4 rings (SSSR count). The monoisotopic (exact) mass is 404 g/mol. The van der Waals surface area contributed by atoms with Gasteiger partial charge in [0.15, 0.2) is 0 Å². The van der Waals surface area contributed by atoms with E-state index in [-0.39, 0.29) is 19.1 Å². The SMILES string of the molecule is O=C(Nc1cccc(OC[C@H](O)CO)c1)c1cccc2[nH]c(-c3ccncc3)nc12. The van der Waals surface area contributed by atoms with E-state index in [4.69, 9.17) is 9.84 Å². The molecule has 8 heteroatoms. The van der Waals surface area contributed by atoms with E-state index in [9.17, 15) is 9.90 Å². The molecule has 30 heavy (non-hydrogen) atoms. The van der Waals surface area contributed by atoms with Crippen LogP contribution in [-0.4, -0.2) is 50.4 Å². The number of carbonyl (C=O) groups excluding carboxylic acids is 1. The number of aliphatic hydroxyl groups excluding tert-OH is 2. The van der Waals surface area contributed by atoms with Crippen molar-refractivity contribution in [2.24, 2.45) is 0 Å². The number of fused-ring (bicyclic) bond motifs is 1. The van der Waals surface area contributed by atoms with Crippen LogP contribution in [0.15, 0.2) is 67.0 Å². The van der Waals surface area contributed by atoms with Gasteiger partial charge in [-0.25, -0.2) is 4.98 Å². The average Bonchev–Trinajstić information content (AvgIpc) is 3.22. The number of hydrogen-bond donors (Lipinski definition) is 4. The van der Waals surface area contributed by atoms with Crippen LogP contribution >= 0.6 is 0 Å². The molecular weight excluding hydrogens is 384 g/mol. The number of benzene rings is 2. The van der Waals surface area contributed by atoms with Crippen molar-refractivity contribution >= 4 is 22.6 Å². The van der Waals surface area contributed by atoms with Crippen molar-refractivity contribution < 1.29 is 19.7 Å². The van der Waals surface area contributed by atoms with Gasteiger partial charge in [0.1, 0.15) is 29.8 Å². The van der Waals surface area contributed by atoms with E-state index < -0.39 is 6.10 Å². The fourth-order valence-electron chi connectivity index (χ4n) is 2.97. The summed E-state index contributed by atoms with van der Waals surface area (Å²) in [4.78, 5) is 24.7. The Balaban J connectivity index is 1.56. The lowest BCUT2D eigenvalue weighted by Gasteiger charge is -2.11. The molecule has 0 bridgehead atoms. The number of amides is 1. The van der Waals surface area contributed by atoms with Gasteiger partial charge in [-0.1, -0.05) is 12.1 Å². The van der Waals surface area contributed by atoms with Gasteiger partial charge in [-0.05, 0) is 36.4 Å². The van der Waals surface area contributed by atoms with Gasteiger partial charge in [0.05, 0.1) is 17.7 Å². The summed E-state index contributed by atoms with van der Waals surface area (Å²) in [6, 6.07) is 15.9. The Morgan fingerprint density at radius 2 is 1.93 bits per heavy atom. The van der Waals surface area contributed by atoms with Gasteiger partial charge < -0.3 is 25.3 Å². The molecule has 4 aromatic rings. The van der Waals surface area contributed by atoms with Crippen molar-refractivity contribution in [3.05, 3.63) is 72.6 Å². The normalized spacial score (nSPS) is 11.9. The number of ether oxygens (including phenoxy) is 1. The highest BCUT2D eigenvalue weighted by Crippen LogP contribution is 2.24. The van der Waals surface area contributed by atoms with E-state index in [2.05, 4.69) is 20.3 Å². The lowest BCUT2D eigenvalue weighted by molar-refractivity contribution is 0.0536. The second-order valence-electron chi connectivity index (χ2n) is 6.65. The van der Waals surface area contributed by atoms with E-state index in [0.29, 0.717) is 28.3 Å². The molecule has 0 unspecified atom stereocenters. The molecule has 0 fully saturated rings. The van der Waals surface area contributed by atoms with Gasteiger partial charge in [0.25, 0.3) is 5.91 Å². The first-order chi connectivity index (χ1) is 14.6. The van der Waals surface area contributed by atoms with Gasteiger partial charge >= 0.3 is 0 Å². The second-order valence-corrected chi connectivity index (χ2v) is 6.65. The molecule has 152 valence electrons. The summed E-state index contributed by atoms with van der Waals surface area (Å²) in [5, 5.41) is 21.1. The molecule has 1 atom stereocenters. The van der Waals surface area contributed by atoms with Gasteiger partial charge in [-0.3, -0.25) is 9.78 Å². The summed E-state index contributed by atoms with van der Waals surface area (Å²) in [7, 11) is 0. The second kappa shape index (κ2) is 8.73. The zero-order chi connectivity index (χ0) is 20.9. The van der Waals surface area contributed by atoms with Gasteiger partial charge in [-0.2, -0.15) is 0 Å². The van der Waals surface area contributed by atoms with Crippen LogP contribution < -0.4 is 10.1 Å². The third-order valence-electron chi connectivity index (χ3n) is 4.46. The van der Waals surface area contributed by atoms with Crippen molar-refractivity contribution in [1.82, 2.24) is 15.0 Å². The molecule has 4 N–H and O–H groups in total. The minimum Gasteiger partial charge on any atom is -0.491 e. The van der Waals surface area contributed by atoms with Crippen LogP contribution in [0.25, 0.3) is 22.4 Å². The predicted octanol–water partition coefficient (Wildman–Crippen LogP) is 2.61. The number of carbonyl (C=O) groups is 1. The zero-order valence-corrected chi connectivity index (χ0v) is 15.9. The third-order valence-corrected chi connectivity index (χ3v) is 4.46. The maximum atomic E-state index is 12.9. The number of rotatable bonds is 7. The molecule has 0 spiro atoms. The average molecular weight is 404 g/mol. The molecule has 8 nitrogen and oxygen atoms in total. The fourth-order valence-corrected chi connectivity index (χ4v) is 2.97. The Hall–Kier alpha value is -3.75. The maximum Gasteiger partial charge on any atom is 0.257 e. The molecule has 0 aliphatic rings. The minimum absolute atomic E-state index is 0.0434. The zero-order valence-electron chi connectivity index (χ0n) is 15.9. The number of pyridine rings is 1. The Morgan fingerprint density at radius 1 is 1.13 bits per heavy atom. The summed E-state index contributed by atoms with van der Waals surface area (Å²) in [5.74, 6) is 0.824. The van der Waals surface area contributed by atoms with E-state index >= 15 is 0 Å². The van der Waals surface area contributed by atoms with Crippen LogP contribution in [0, 0.1) is 0 Å². The Labute approximate surface area is 172 Å². The Morgan fingerprint density at radius 3 is 2.73 bits per heavy atom. The molecule has 0 saturated carbocycles. The highest BCUT2D eigenvalue weighted by Gasteiger charge is 2.15. The molecule has 1 amide bonds. The minimum atomic E-state index is -0.963. The number of H-pyrrole nitrogens is 1. The van der Waals surface area contributed by atoms with Crippen LogP contribution in [0.2, 0.25) is 0 Å². The van der Waals surface area contributed by atoms with Crippen molar-refractivity contribution in [2.75, 3.05) is 18.5 Å². The molecular formula is C22H20N4O4. The largest absolute Gasteiger partial charge is 0.491 e. The first kappa shape index (κ1) is 19.6. The topological polar surface area (TPSA) is 120 Å². The number of anilines is 1. The quantitative estimate of drug-likeness (QED) is 0.376. The number of nitrogens with zero attached hydrogens (tertiary/aromatic N) is 2. The molecule has 2 aromatic carbocycles. The van der Waals surface area contributed by atoms with Crippen LogP contribution in [0.4, 0.5) is 5.69 Å². The number of hydrogen-bond acceptors (Lipinski definition) is 6. The first-order valence-electron chi connectivity index (χ1n) is 9.36.